The molecule has 0 atom stereocenters. The predicted octanol–water partition coefficient (Wildman–Crippen LogP) is 3.98. The van der Waals surface area contributed by atoms with Crippen LogP contribution in [0.1, 0.15) is 11.1 Å². The summed E-state index contributed by atoms with van der Waals surface area (Å²) in [5, 5.41) is 16.8. The van der Waals surface area contributed by atoms with Crippen molar-refractivity contribution in [2.24, 2.45) is 7.05 Å². The van der Waals surface area contributed by atoms with Crippen molar-refractivity contribution in [3.05, 3.63) is 63.6 Å². The van der Waals surface area contributed by atoms with Gasteiger partial charge in [0.1, 0.15) is 12.4 Å². The Balaban J connectivity index is 1.51. The van der Waals surface area contributed by atoms with E-state index in [0.29, 0.717) is 23.2 Å². The quantitative estimate of drug-likeness (QED) is 0.414. The number of tetrazole rings is 1. The zero-order valence-corrected chi connectivity index (χ0v) is 17.1. The Morgan fingerprint density at radius 2 is 1.89 bits per heavy atom. The maximum atomic E-state index is 6.21. The monoisotopic (exact) mass is 423 g/mol. The number of hydrogen-bond acceptors (Lipinski definition) is 6. The Labute approximate surface area is 172 Å². The number of ether oxygens (including phenoxy) is 1. The van der Waals surface area contributed by atoms with E-state index in [1.807, 2.05) is 49.5 Å². The molecule has 0 saturated heterocycles. The van der Waals surface area contributed by atoms with Crippen molar-refractivity contribution in [2.75, 3.05) is 12.3 Å². The van der Waals surface area contributed by atoms with Crippen LogP contribution in [0.15, 0.2) is 47.6 Å². The summed E-state index contributed by atoms with van der Waals surface area (Å²) in [6, 6.07) is 13.4. The molecule has 0 aliphatic rings. The number of rotatable bonds is 9. The van der Waals surface area contributed by atoms with Crippen molar-refractivity contribution >= 4 is 35.0 Å². The molecule has 142 valence electrons. The third-order valence-electron chi connectivity index (χ3n) is 3.81. The fourth-order valence-electron chi connectivity index (χ4n) is 2.39. The highest BCUT2D eigenvalue weighted by Gasteiger charge is 2.09. The van der Waals surface area contributed by atoms with Crippen LogP contribution < -0.4 is 10.1 Å². The molecule has 9 heteroatoms. The van der Waals surface area contributed by atoms with E-state index in [4.69, 9.17) is 27.9 Å². The van der Waals surface area contributed by atoms with Crippen LogP contribution in [0, 0.1) is 0 Å². The molecule has 0 aliphatic carbocycles. The number of halogens is 2. The summed E-state index contributed by atoms with van der Waals surface area (Å²) >= 11 is 14.0. The highest BCUT2D eigenvalue weighted by Crippen LogP contribution is 2.27. The largest absolute Gasteiger partial charge is 0.488 e. The summed E-state index contributed by atoms with van der Waals surface area (Å²) in [5.74, 6) is 1.68. The molecule has 6 nitrogen and oxygen atoms in total. The van der Waals surface area contributed by atoms with Crippen LogP contribution in [-0.4, -0.2) is 32.5 Å². The van der Waals surface area contributed by atoms with E-state index < -0.39 is 0 Å². The standard InChI is InChI=1S/C18H19Cl2N5OS/c1-25-18(22-23-24-25)27-10-9-21-11-13-5-2-3-8-17(13)26-12-14-15(19)6-4-7-16(14)20/h2-8,21H,9-12H2,1H3. The molecule has 1 heterocycles. The number of nitrogens with one attached hydrogen (secondary N) is 1. The molecule has 0 unspecified atom stereocenters. The van der Waals surface area contributed by atoms with Crippen LogP contribution in [0.3, 0.4) is 0 Å². The van der Waals surface area contributed by atoms with E-state index in [1.54, 1.807) is 16.4 Å². The van der Waals surface area contributed by atoms with Gasteiger partial charge in [-0.25, -0.2) is 4.68 Å². The lowest BCUT2D eigenvalue weighted by atomic mass is 10.2. The number of aromatic nitrogens is 4. The normalized spacial score (nSPS) is 10.9. The van der Waals surface area contributed by atoms with Gasteiger partial charge in [-0.05, 0) is 28.6 Å². The van der Waals surface area contributed by atoms with Gasteiger partial charge in [-0.1, -0.05) is 59.2 Å². The topological polar surface area (TPSA) is 64.9 Å². The number of thioether (sulfide) groups is 1. The minimum absolute atomic E-state index is 0.324. The molecule has 0 aliphatic heterocycles. The van der Waals surface area contributed by atoms with E-state index in [0.717, 1.165) is 34.3 Å². The second-order valence-corrected chi connectivity index (χ2v) is 7.58. The van der Waals surface area contributed by atoms with Crippen molar-refractivity contribution in [2.45, 2.75) is 18.3 Å². The predicted molar refractivity (Wildman–Crippen MR) is 108 cm³/mol. The lowest BCUT2D eigenvalue weighted by Gasteiger charge is -2.13. The van der Waals surface area contributed by atoms with Gasteiger partial charge < -0.3 is 10.1 Å². The highest BCUT2D eigenvalue weighted by atomic mass is 35.5. The van der Waals surface area contributed by atoms with Gasteiger partial charge in [-0.3, -0.25) is 0 Å². The number of para-hydroxylation sites is 1. The lowest BCUT2D eigenvalue weighted by molar-refractivity contribution is 0.302. The number of benzene rings is 2. The van der Waals surface area contributed by atoms with Crippen LogP contribution in [0.5, 0.6) is 5.75 Å². The summed E-state index contributed by atoms with van der Waals surface area (Å²) in [6.07, 6.45) is 0. The minimum Gasteiger partial charge on any atom is -0.488 e. The molecule has 3 aromatic rings. The maximum absolute atomic E-state index is 6.21. The first kappa shape index (κ1) is 19.9. The Morgan fingerprint density at radius 3 is 2.63 bits per heavy atom. The SMILES string of the molecule is Cn1nnnc1SCCNCc1ccccc1OCc1c(Cl)cccc1Cl. The first-order valence-corrected chi connectivity index (χ1v) is 10.1. The van der Waals surface area contributed by atoms with Crippen LogP contribution in [0.25, 0.3) is 0 Å². The molecule has 0 radical (unpaired) electrons. The van der Waals surface area contributed by atoms with Gasteiger partial charge >= 0.3 is 0 Å². The van der Waals surface area contributed by atoms with Crippen molar-refractivity contribution in [1.82, 2.24) is 25.5 Å². The van der Waals surface area contributed by atoms with E-state index in [-0.39, 0.29) is 0 Å². The fourth-order valence-corrected chi connectivity index (χ4v) is 3.65. The molecule has 27 heavy (non-hydrogen) atoms. The van der Waals surface area contributed by atoms with Crippen LogP contribution in [0.2, 0.25) is 10.0 Å². The molecule has 0 fully saturated rings. The molecule has 2 aromatic carbocycles. The van der Waals surface area contributed by atoms with Gasteiger partial charge in [0, 0.05) is 47.1 Å². The molecule has 0 spiro atoms. The smallest absolute Gasteiger partial charge is 0.209 e. The maximum Gasteiger partial charge on any atom is 0.209 e. The fraction of sp³-hybridized carbons (Fsp3) is 0.278. The van der Waals surface area contributed by atoms with E-state index in [9.17, 15) is 0 Å². The van der Waals surface area contributed by atoms with Gasteiger partial charge in [0.15, 0.2) is 0 Å². The average Bonchev–Trinajstić information content (AvgIpc) is 3.07. The van der Waals surface area contributed by atoms with Crippen molar-refractivity contribution < 1.29 is 4.74 Å². The third-order valence-corrected chi connectivity index (χ3v) is 5.53. The van der Waals surface area contributed by atoms with Gasteiger partial charge in [-0.15, -0.1) is 5.10 Å². The molecule has 0 bridgehead atoms. The Hall–Kier alpha value is -1.80. The zero-order chi connectivity index (χ0) is 19.1. The zero-order valence-electron chi connectivity index (χ0n) is 14.7. The first-order valence-electron chi connectivity index (χ1n) is 8.34. The summed E-state index contributed by atoms with van der Waals surface area (Å²) in [4.78, 5) is 0. The molecular weight excluding hydrogens is 405 g/mol. The molecule has 0 amide bonds. The van der Waals surface area contributed by atoms with Gasteiger partial charge in [0.05, 0.1) is 0 Å². The third kappa shape index (κ3) is 5.59. The summed E-state index contributed by atoms with van der Waals surface area (Å²) < 4.78 is 7.63. The second-order valence-electron chi connectivity index (χ2n) is 5.71. The van der Waals surface area contributed by atoms with Crippen LogP contribution in [0.4, 0.5) is 0 Å². The van der Waals surface area contributed by atoms with Crippen molar-refractivity contribution in [3.8, 4) is 5.75 Å². The van der Waals surface area contributed by atoms with E-state index in [1.165, 1.54) is 0 Å². The number of hydrogen-bond donors (Lipinski definition) is 1. The van der Waals surface area contributed by atoms with E-state index >= 15 is 0 Å². The first-order chi connectivity index (χ1) is 13.1. The molecule has 0 saturated carbocycles. The van der Waals surface area contributed by atoms with Gasteiger partial charge in [-0.2, -0.15) is 0 Å². The Morgan fingerprint density at radius 1 is 1.11 bits per heavy atom. The minimum atomic E-state index is 0.324. The number of nitrogens with zero attached hydrogens (tertiary/aromatic N) is 4. The Kier molecular flexibility index (Phi) is 7.34. The second kappa shape index (κ2) is 9.94. The average molecular weight is 424 g/mol. The summed E-state index contributed by atoms with van der Waals surface area (Å²) in [7, 11) is 1.83. The lowest BCUT2D eigenvalue weighted by Crippen LogP contribution is -2.17. The highest BCUT2D eigenvalue weighted by molar-refractivity contribution is 7.99. The molecule has 3 rings (SSSR count). The van der Waals surface area contributed by atoms with Crippen molar-refractivity contribution in [1.29, 1.82) is 0 Å². The molecular formula is C18H19Cl2N5OS. The van der Waals surface area contributed by atoms with Crippen LogP contribution in [-0.2, 0) is 20.2 Å². The summed E-state index contributed by atoms with van der Waals surface area (Å²) in [6.45, 7) is 1.84. The number of aryl methyl sites for hydroxylation is 1. The van der Waals surface area contributed by atoms with Crippen LogP contribution >= 0.6 is 35.0 Å². The molecule has 1 N–H and O–H groups in total. The Bertz CT molecular complexity index is 869. The van der Waals surface area contributed by atoms with Crippen molar-refractivity contribution in [3.63, 3.8) is 0 Å². The van der Waals surface area contributed by atoms with Gasteiger partial charge in [0.2, 0.25) is 5.16 Å². The summed E-state index contributed by atoms with van der Waals surface area (Å²) in [5.41, 5.74) is 1.86. The van der Waals surface area contributed by atoms with Gasteiger partial charge in [0.25, 0.3) is 0 Å². The van der Waals surface area contributed by atoms with E-state index in [2.05, 4.69) is 20.8 Å². The molecule has 1 aromatic heterocycles.